The zero-order valence-electron chi connectivity index (χ0n) is 20.3. The molecule has 3 aromatic rings. The minimum Gasteiger partial charge on any atom is -0.369 e. The van der Waals surface area contributed by atoms with Crippen molar-refractivity contribution in [3.63, 3.8) is 0 Å². The summed E-state index contributed by atoms with van der Waals surface area (Å²) in [6.07, 6.45) is -2.34. The molecular formula is C19H22FN9O8P2S. The highest BCUT2D eigenvalue weighted by Gasteiger charge is 2.51. The maximum atomic E-state index is 15.8. The van der Waals surface area contributed by atoms with Crippen molar-refractivity contribution in [1.29, 1.82) is 0 Å². The Morgan fingerprint density at radius 1 is 1.27 bits per heavy atom. The van der Waals surface area contributed by atoms with Crippen molar-refractivity contribution in [3.8, 4) is 0 Å². The summed E-state index contributed by atoms with van der Waals surface area (Å²) >= 11 is 5.21. The van der Waals surface area contributed by atoms with E-state index in [2.05, 4.69) is 36.8 Å². The molecule has 2 bridgehead atoms. The number of aromatic nitrogens is 6. The predicted molar refractivity (Wildman–Crippen MR) is 138 cm³/mol. The standard InChI is InChI=1S/C19H22FN9O8P2S/c1-9-14-17(27-19(21)25-9)29(8-24-14)18-15-13(20)11(36-18)5-34-38(30,31)33-3-2-28-12(6-35-39(32,40)37-15)26-10-4-22-7-23-16(10)28/h4,7-8,11,13,15,18H,1-3,5-6H2,(H,30,31)(H,32,40)(H3,21,25,27)/t11-,13-,15-,18-,39?/m1/s1. The normalized spacial score (nSPS) is 33.4. The van der Waals surface area contributed by atoms with E-state index in [0.29, 0.717) is 22.6 Å². The average Bonchev–Trinajstić information content (AvgIpc) is 3.55. The van der Waals surface area contributed by atoms with Crippen LogP contribution in [0.1, 0.15) is 17.7 Å². The molecule has 6 heterocycles. The van der Waals surface area contributed by atoms with Gasteiger partial charge in [-0.1, -0.05) is 6.58 Å². The number of phosphoric acid groups is 1. The van der Waals surface area contributed by atoms with Crippen molar-refractivity contribution < 1.29 is 41.6 Å². The van der Waals surface area contributed by atoms with Crippen molar-refractivity contribution in [2.75, 3.05) is 13.2 Å². The van der Waals surface area contributed by atoms with E-state index in [-0.39, 0.29) is 37.4 Å². The number of nitrogens with one attached hydrogen (secondary N) is 1. The van der Waals surface area contributed by atoms with Gasteiger partial charge in [0.25, 0.3) is 0 Å². The maximum Gasteiger partial charge on any atom is 0.472 e. The third kappa shape index (κ3) is 5.21. The Morgan fingerprint density at radius 3 is 2.92 bits per heavy atom. The zero-order chi connectivity index (χ0) is 28.2. The van der Waals surface area contributed by atoms with E-state index in [1.807, 2.05) is 0 Å². The molecule has 0 saturated carbocycles. The molecule has 2 unspecified atom stereocenters. The number of imidazole rings is 2. The first-order valence-corrected chi connectivity index (χ1v) is 15.7. The van der Waals surface area contributed by atoms with Gasteiger partial charge in [0, 0.05) is 6.54 Å². The van der Waals surface area contributed by atoms with Crippen LogP contribution in [-0.2, 0) is 52.4 Å². The quantitative estimate of drug-likeness (QED) is 0.277. The summed E-state index contributed by atoms with van der Waals surface area (Å²) < 4.78 is 58.4. The van der Waals surface area contributed by atoms with Gasteiger partial charge in [-0.05, 0) is 11.8 Å². The number of fused-ring (bicyclic) bond motifs is 6. The van der Waals surface area contributed by atoms with Gasteiger partial charge in [0.15, 0.2) is 29.8 Å². The summed E-state index contributed by atoms with van der Waals surface area (Å²) in [5, 5.41) is 2.73. The minimum atomic E-state index is -4.65. The maximum absolute atomic E-state index is 15.8. The number of hydrogen-bond acceptors (Lipinski definition) is 14. The van der Waals surface area contributed by atoms with Crippen LogP contribution in [0.3, 0.4) is 0 Å². The van der Waals surface area contributed by atoms with E-state index in [4.69, 9.17) is 40.4 Å². The number of alkyl halides is 1. The largest absolute Gasteiger partial charge is 0.472 e. The number of aliphatic imine (C=N–C) groups is 1. The van der Waals surface area contributed by atoms with Gasteiger partial charge in [-0.2, -0.15) is 4.99 Å². The third-order valence-electron chi connectivity index (χ3n) is 6.17. The molecule has 0 aromatic carbocycles. The number of rotatable bonds is 1. The summed E-state index contributed by atoms with van der Waals surface area (Å²) in [6.45, 7) is -1.71. The summed E-state index contributed by atoms with van der Waals surface area (Å²) in [4.78, 5) is 42.1. The van der Waals surface area contributed by atoms with E-state index in [0.717, 1.165) is 0 Å². The second kappa shape index (κ2) is 10.3. The number of nitrogens with zero attached hydrogens (tertiary/aromatic N) is 7. The van der Waals surface area contributed by atoms with Crippen LogP contribution in [0.25, 0.3) is 16.9 Å². The molecule has 0 aliphatic carbocycles. The minimum absolute atomic E-state index is 0.00117. The van der Waals surface area contributed by atoms with Gasteiger partial charge in [0.05, 0.1) is 31.4 Å². The summed E-state index contributed by atoms with van der Waals surface area (Å²) in [5.74, 6) is 0.395. The number of hydrogen-bond donors (Lipinski definition) is 4. The number of guanidine groups is 1. The van der Waals surface area contributed by atoms with Crippen LogP contribution >= 0.6 is 14.5 Å². The lowest BCUT2D eigenvalue weighted by Crippen LogP contribution is -2.33. The van der Waals surface area contributed by atoms with Crippen LogP contribution in [0.2, 0.25) is 0 Å². The topological polar surface area (TPSA) is 216 Å². The Labute approximate surface area is 229 Å². The van der Waals surface area contributed by atoms with Crippen molar-refractivity contribution in [1.82, 2.24) is 34.4 Å². The molecule has 5 N–H and O–H groups in total. The Balaban J connectivity index is 1.36. The molecule has 3 aliphatic rings. The first-order valence-electron chi connectivity index (χ1n) is 11.6. The first kappa shape index (κ1) is 27.5. The van der Waals surface area contributed by atoms with E-state index < -0.39 is 45.8 Å². The van der Waals surface area contributed by atoms with E-state index in [1.165, 1.54) is 28.0 Å². The molecule has 1 saturated heterocycles. The Bertz CT molecular complexity index is 1620. The van der Waals surface area contributed by atoms with Crippen LogP contribution in [0.5, 0.6) is 0 Å². The number of halogens is 1. The van der Waals surface area contributed by atoms with Crippen LogP contribution < -0.4 is 11.1 Å². The second-order valence-corrected chi connectivity index (χ2v) is 13.0. The lowest BCUT2D eigenvalue weighted by Gasteiger charge is -2.26. The molecule has 214 valence electrons. The fraction of sp³-hybridized carbons (Fsp3) is 0.421. The summed E-state index contributed by atoms with van der Waals surface area (Å²) in [6, 6.07) is 0. The molecule has 0 radical (unpaired) electrons. The smallest absolute Gasteiger partial charge is 0.369 e. The average molecular weight is 617 g/mol. The lowest BCUT2D eigenvalue weighted by molar-refractivity contribution is -0.0493. The predicted octanol–water partition coefficient (Wildman–Crippen LogP) is 0.744. The van der Waals surface area contributed by atoms with Crippen molar-refractivity contribution >= 4 is 55.0 Å². The summed E-state index contributed by atoms with van der Waals surface area (Å²) in [5.41, 5.74) is 7.22. The number of ether oxygens (including phenoxy) is 1. The molecule has 3 aliphatic heterocycles. The van der Waals surface area contributed by atoms with Crippen molar-refractivity contribution in [3.05, 3.63) is 36.9 Å². The van der Waals surface area contributed by atoms with Crippen LogP contribution in [0.4, 0.5) is 10.2 Å². The van der Waals surface area contributed by atoms with Crippen LogP contribution in [0, 0.1) is 0 Å². The van der Waals surface area contributed by atoms with E-state index in [1.54, 1.807) is 0 Å². The molecule has 3 aromatic heterocycles. The van der Waals surface area contributed by atoms with Gasteiger partial charge >= 0.3 is 14.5 Å². The van der Waals surface area contributed by atoms with Gasteiger partial charge in [0.1, 0.15) is 42.2 Å². The fourth-order valence-corrected chi connectivity index (χ4v) is 6.48. The van der Waals surface area contributed by atoms with Crippen molar-refractivity contribution in [2.45, 2.75) is 37.8 Å². The molecule has 40 heavy (non-hydrogen) atoms. The zero-order valence-corrected chi connectivity index (χ0v) is 22.9. The van der Waals surface area contributed by atoms with Gasteiger partial charge in [-0.3, -0.25) is 18.1 Å². The highest BCUT2D eigenvalue weighted by Crippen LogP contribution is 2.52. The summed E-state index contributed by atoms with van der Waals surface area (Å²) in [7, 11) is -4.65. The molecule has 1 fully saturated rings. The van der Waals surface area contributed by atoms with E-state index in [9.17, 15) is 14.4 Å². The van der Waals surface area contributed by atoms with E-state index >= 15 is 4.39 Å². The number of phosphoric ester groups is 1. The van der Waals surface area contributed by atoms with Gasteiger partial charge < -0.3 is 34.7 Å². The molecule has 17 nitrogen and oxygen atoms in total. The molecule has 6 atom stereocenters. The van der Waals surface area contributed by atoms with Gasteiger partial charge in [-0.15, -0.1) is 0 Å². The second-order valence-electron chi connectivity index (χ2n) is 8.75. The molecule has 0 amide bonds. The lowest BCUT2D eigenvalue weighted by atomic mass is 10.1. The Morgan fingerprint density at radius 2 is 2.10 bits per heavy atom. The molecule has 0 spiro atoms. The SMILES string of the molecule is C=C1NC(N)=Nc2c1ncn2[C@@H]1O[C@@H]2COP(=O)(O)OCCn3c(nc4cncnc43)COP(O)(=S)O[C@@H]1[C@@H]2F. The fourth-order valence-electron chi connectivity index (χ4n) is 4.43. The first-order chi connectivity index (χ1) is 19.0. The Kier molecular flexibility index (Phi) is 7.07. The monoisotopic (exact) mass is 617 g/mol. The molecule has 6 rings (SSSR count). The third-order valence-corrected chi connectivity index (χ3v) is 8.69. The van der Waals surface area contributed by atoms with Gasteiger partial charge in [-0.25, -0.2) is 28.9 Å². The highest BCUT2D eigenvalue weighted by atomic mass is 32.5. The van der Waals surface area contributed by atoms with Crippen LogP contribution in [-0.4, -0.2) is 76.4 Å². The molecule has 21 heteroatoms. The van der Waals surface area contributed by atoms with Crippen LogP contribution in [0.15, 0.2) is 30.4 Å². The van der Waals surface area contributed by atoms with Crippen molar-refractivity contribution in [2.24, 2.45) is 10.7 Å². The Hall–Kier alpha value is -2.70. The highest BCUT2D eigenvalue weighted by molar-refractivity contribution is 8.07. The molecular weight excluding hydrogens is 595 g/mol. The van der Waals surface area contributed by atoms with Gasteiger partial charge in [0.2, 0.25) is 0 Å². The number of nitrogens with two attached hydrogens (primary N) is 1.